The van der Waals surface area contributed by atoms with Crippen LogP contribution < -0.4 is 10.1 Å². The van der Waals surface area contributed by atoms with Crippen molar-refractivity contribution in [2.45, 2.75) is 45.4 Å². The molecule has 0 radical (unpaired) electrons. The van der Waals surface area contributed by atoms with Crippen molar-refractivity contribution in [1.82, 2.24) is 25.1 Å². The van der Waals surface area contributed by atoms with Gasteiger partial charge in [0.2, 0.25) is 5.91 Å². The fourth-order valence-electron chi connectivity index (χ4n) is 3.83. The van der Waals surface area contributed by atoms with Crippen LogP contribution in [0.4, 0.5) is 8.78 Å². The number of carbonyl (C=O) groups is 3. The quantitative estimate of drug-likeness (QED) is 0.594. The van der Waals surface area contributed by atoms with Crippen molar-refractivity contribution in [2.75, 3.05) is 20.1 Å². The second-order valence-corrected chi connectivity index (χ2v) is 7.60. The van der Waals surface area contributed by atoms with Crippen LogP contribution in [0.5, 0.6) is 5.75 Å². The first kappa shape index (κ1) is 24.1. The first-order valence-electron chi connectivity index (χ1n) is 10.7. The van der Waals surface area contributed by atoms with Gasteiger partial charge in [0.15, 0.2) is 5.82 Å². The number of benzene rings is 1. The minimum absolute atomic E-state index is 0.0205. The van der Waals surface area contributed by atoms with Gasteiger partial charge in [-0.05, 0) is 25.3 Å². The Balaban J connectivity index is 1.91. The molecule has 2 heterocycles. The number of carbonyl (C=O) groups excluding carboxylic acids is 3. The van der Waals surface area contributed by atoms with Crippen LogP contribution in [0.1, 0.15) is 52.9 Å². The zero-order valence-electron chi connectivity index (χ0n) is 18.5. The lowest BCUT2D eigenvalue weighted by molar-refractivity contribution is -0.125. The number of para-hydroxylation sites is 1. The molecule has 1 aromatic heterocycles. The van der Waals surface area contributed by atoms with Crippen molar-refractivity contribution in [3.63, 3.8) is 0 Å². The van der Waals surface area contributed by atoms with E-state index in [-0.39, 0.29) is 36.1 Å². The molecule has 11 heteroatoms. The van der Waals surface area contributed by atoms with Crippen LogP contribution in [0.2, 0.25) is 0 Å². The minimum atomic E-state index is -3.04. The molecule has 33 heavy (non-hydrogen) atoms. The number of nitrogens with zero attached hydrogens (tertiary/aromatic N) is 3. The molecule has 1 atom stereocenters. The summed E-state index contributed by atoms with van der Waals surface area (Å²) in [7, 11) is 1.45. The topological polar surface area (TPSA) is 108 Å². The van der Waals surface area contributed by atoms with Crippen molar-refractivity contribution in [3.05, 3.63) is 47.5 Å². The molecular weight excluding hydrogens is 436 g/mol. The normalized spacial score (nSPS) is 14.3. The summed E-state index contributed by atoms with van der Waals surface area (Å²) in [5.74, 6) is -1.36. The van der Waals surface area contributed by atoms with Crippen molar-refractivity contribution in [1.29, 1.82) is 0 Å². The minimum Gasteiger partial charge on any atom is -0.434 e. The van der Waals surface area contributed by atoms with E-state index < -0.39 is 24.5 Å². The predicted octanol–water partition coefficient (Wildman–Crippen LogP) is 2.41. The first-order chi connectivity index (χ1) is 15.8. The van der Waals surface area contributed by atoms with Crippen molar-refractivity contribution < 1.29 is 27.9 Å². The Morgan fingerprint density at radius 2 is 1.94 bits per heavy atom. The zero-order valence-corrected chi connectivity index (χ0v) is 18.5. The molecule has 1 aliphatic rings. The maximum Gasteiger partial charge on any atom is 0.387 e. The fraction of sp³-hybridized carbons (Fsp3) is 0.455. The number of amides is 3. The van der Waals surface area contributed by atoms with Crippen molar-refractivity contribution >= 4 is 17.7 Å². The second-order valence-electron chi connectivity index (χ2n) is 7.60. The van der Waals surface area contributed by atoms with Gasteiger partial charge in [0.05, 0.1) is 12.7 Å². The number of hydrogen-bond donors (Lipinski definition) is 2. The van der Waals surface area contributed by atoms with E-state index in [1.807, 2.05) is 0 Å². The summed E-state index contributed by atoms with van der Waals surface area (Å²) in [6.45, 7) is -0.212. The van der Waals surface area contributed by atoms with Gasteiger partial charge >= 0.3 is 6.61 Å². The SMILES string of the molecule is CCC(C(=O)NC)N(Cc1ccccc1OC(F)F)C(=O)c1cnc(C(=O)N2CCCC2)[nH]1. The van der Waals surface area contributed by atoms with E-state index >= 15 is 0 Å². The molecule has 0 aliphatic carbocycles. The number of H-pyrrole nitrogens is 1. The van der Waals surface area contributed by atoms with E-state index in [0.29, 0.717) is 18.7 Å². The Hall–Kier alpha value is -3.50. The van der Waals surface area contributed by atoms with Gasteiger partial charge < -0.3 is 24.8 Å². The largest absolute Gasteiger partial charge is 0.434 e. The van der Waals surface area contributed by atoms with Crippen molar-refractivity contribution in [2.24, 2.45) is 0 Å². The Morgan fingerprint density at radius 3 is 2.58 bits per heavy atom. The smallest absolute Gasteiger partial charge is 0.387 e. The molecule has 1 aliphatic heterocycles. The number of ether oxygens (including phenoxy) is 1. The average molecular weight is 463 g/mol. The molecule has 2 N–H and O–H groups in total. The van der Waals surface area contributed by atoms with Gasteiger partial charge in [0, 0.05) is 25.7 Å². The number of likely N-dealkylation sites (N-methyl/N-ethyl adjacent to an activating group) is 1. The molecule has 2 aromatic rings. The van der Waals surface area contributed by atoms with Crippen LogP contribution in [-0.2, 0) is 11.3 Å². The lowest BCUT2D eigenvalue weighted by Crippen LogP contribution is -2.48. The second kappa shape index (κ2) is 10.9. The molecule has 1 saturated heterocycles. The van der Waals surface area contributed by atoms with Gasteiger partial charge in [-0.2, -0.15) is 8.78 Å². The van der Waals surface area contributed by atoms with Gasteiger partial charge in [0.25, 0.3) is 11.8 Å². The third-order valence-corrected chi connectivity index (χ3v) is 5.50. The average Bonchev–Trinajstić information content (AvgIpc) is 3.51. The lowest BCUT2D eigenvalue weighted by atomic mass is 10.1. The van der Waals surface area contributed by atoms with Gasteiger partial charge in [-0.15, -0.1) is 0 Å². The molecule has 0 spiro atoms. The predicted molar refractivity (Wildman–Crippen MR) is 115 cm³/mol. The highest BCUT2D eigenvalue weighted by molar-refractivity contribution is 5.98. The van der Waals surface area contributed by atoms with E-state index in [1.165, 1.54) is 30.3 Å². The summed E-state index contributed by atoms with van der Waals surface area (Å²) in [5.41, 5.74) is 0.327. The molecule has 3 rings (SSSR count). The molecule has 1 unspecified atom stereocenters. The highest BCUT2D eigenvalue weighted by Gasteiger charge is 2.31. The van der Waals surface area contributed by atoms with Gasteiger partial charge in [-0.25, -0.2) is 4.98 Å². The Labute approximate surface area is 190 Å². The third kappa shape index (κ3) is 5.65. The van der Waals surface area contributed by atoms with E-state index in [0.717, 1.165) is 12.8 Å². The fourth-order valence-corrected chi connectivity index (χ4v) is 3.83. The van der Waals surface area contributed by atoms with E-state index in [9.17, 15) is 23.2 Å². The Kier molecular flexibility index (Phi) is 7.96. The van der Waals surface area contributed by atoms with Gasteiger partial charge in [-0.3, -0.25) is 14.4 Å². The maximum atomic E-state index is 13.4. The number of rotatable bonds is 9. The van der Waals surface area contributed by atoms with Crippen molar-refractivity contribution in [3.8, 4) is 5.75 Å². The van der Waals surface area contributed by atoms with Crippen LogP contribution in [0.25, 0.3) is 0 Å². The first-order valence-corrected chi connectivity index (χ1v) is 10.7. The molecular formula is C22H27F2N5O4. The summed E-state index contributed by atoms with van der Waals surface area (Å²) in [4.78, 5) is 48.3. The Morgan fingerprint density at radius 1 is 1.24 bits per heavy atom. The maximum absolute atomic E-state index is 13.4. The van der Waals surface area contributed by atoms with E-state index in [4.69, 9.17) is 0 Å². The molecule has 178 valence electrons. The number of alkyl halides is 2. The van der Waals surface area contributed by atoms with E-state index in [2.05, 4.69) is 20.0 Å². The lowest BCUT2D eigenvalue weighted by Gasteiger charge is -2.30. The number of nitrogens with one attached hydrogen (secondary N) is 2. The third-order valence-electron chi connectivity index (χ3n) is 5.50. The van der Waals surface area contributed by atoms with Crippen LogP contribution in [0.3, 0.4) is 0 Å². The molecule has 1 aromatic carbocycles. The highest BCUT2D eigenvalue weighted by atomic mass is 19.3. The van der Waals surface area contributed by atoms with Crippen LogP contribution >= 0.6 is 0 Å². The van der Waals surface area contributed by atoms with Crippen LogP contribution in [0.15, 0.2) is 30.5 Å². The monoisotopic (exact) mass is 463 g/mol. The molecule has 9 nitrogen and oxygen atoms in total. The van der Waals surface area contributed by atoms with Gasteiger partial charge in [0.1, 0.15) is 17.5 Å². The molecule has 3 amide bonds. The summed E-state index contributed by atoms with van der Waals surface area (Å²) < 4.78 is 30.3. The molecule has 0 bridgehead atoms. The van der Waals surface area contributed by atoms with E-state index in [1.54, 1.807) is 24.0 Å². The van der Waals surface area contributed by atoms with Crippen LogP contribution in [-0.4, -0.2) is 70.3 Å². The Bertz CT molecular complexity index is 991. The standard InChI is InChI=1S/C22H27F2N5O4/c1-3-16(19(30)25-2)29(13-14-8-4-5-9-17(14)33-22(23)24)20(31)15-12-26-18(27-15)21(32)28-10-6-7-11-28/h4-5,8-9,12,16,22H,3,6-7,10-11,13H2,1-2H3,(H,25,30)(H,26,27). The summed E-state index contributed by atoms with van der Waals surface area (Å²) in [6, 6.07) is 5.19. The molecule has 0 saturated carbocycles. The van der Waals surface area contributed by atoms with Crippen LogP contribution in [0, 0.1) is 0 Å². The highest BCUT2D eigenvalue weighted by Crippen LogP contribution is 2.24. The summed E-state index contributed by atoms with van der Waals surface area (Å²) in [5, 5.41) is 2.53. The number of aromatic nitrogens is 2. The summed E-state index contributed by atoms with van der Waals surface area (Å²) >= 11 is 0. The zero-order chi connectivity index (χ0) is 24.0. The number of likely N-dealkylation sites (tertiary alicyclic amines) is 1. The summed E-state index contributed by atoms with van der Waals surface area (Å²) in [6.07, 6.45) is 3.35. The number of aromatic amines is 1. The molecule has 1 fully saturated rings. The number of imidazole rings is 1. The number of hydrogen-bond acceptors (Lipinski definition) is 5. The van der Waals surface area contributed by atoms with Gasteiger partial charge in [-0.1, -0.05) is 25.1 Å². The number of halogens is 2.